The van der Waals surface area contributed by atoms with E-state index in [1.165, 1.54) is 0 Å². The van der Waals surface area contributed by atoms with Crippen molar-refractivity contribution in [2.24, 2.45) is 5.92 Å². The van der Waals surface area contributed by atoms with Crippen molar-refractivity contribution < 1.29 is 4.74 Å². The van der Waals surface area contributed by atoms with E-state index in [0.29, 0.717) is 6.04 Å². The number of nitrogens with zero attached hydrogens (tertiary/aromatic N) is 1. The summed E-state index contributed by atoms with van der Waals surface area (Å²) in [6.07, 6.45) is 1.14. The zero-order chi connectivity index (χ0) is 12.7. The van der Waals surface area contributed by atoms with E-state index in [9.17, 15) is 0 Å². The van der Waals surface area contributed by atoms with Crippen molar-refractivity contribution >= 4 is 11.3 Å². The minimum atomic E-state index is 0.322. The van der Waals surface area contributed by atoms with E-state index in [2.05, 4.69) is 36.5 Å². The average molecular weight is 256 g/mol. The van der Waals surface area contributed by atoms with Gasteiger partial charge >= 0.3 is 0 Å². The van der Waals surface area contributed by atoms with Crippen LogP contribution < -0.4 is 5.32 Å². The highest BCUT2D eigenvalue weighted by Crippen LogP contribution is 2.16. The first kappa shape index (κ1) is 14.6. The number of aryl methyl sites for hydroxylation is 1. The Labute approximate surface area is 109 Å². The van der Waals surface area contributed by atoms with E-state index in [1.54, 1.807) is 11.3 Å². The number of hydrogen-bond acceptors (Lipinski definition) is 4. The monoisotopic (exact) mass is 256 g/mol. The molecule has 17 heavy (non-hydrogen) atoms. The predicted octanol–water partition coefficient (Wildman–Crippen LogP) is 3.16. The predicted molar refractivity (Wildman–Crippen MR) is 73.5 cm³/mol. The molecule has 1 atom stereocenters. The van der Waals surface area contributed by atoms with E-state index in [-0.39, 0.29) is 0 Å². The third-order valence-corrected chi connectivity index (χ3v) is 3.69. The summed E-state index contributed by atoms with van der Waals surface area (Å²) < 4.78 is 5.56. The molecule has 0 aliphatic carbocycles. The zero-order valence-corrected chi connectivity index (χ0v) is 12.1. The molecule has 0 aliphatic rings. The van der Waals surface area contributed by atoms with Gasteiger partial charge in [-0.05, 0) is 26.2 Å². The second-order valence-electron chi connectivity index (χ2n) is 4.80. The van der Waals surface area contributed by atoms with Gasteiger partial charge in [0, 0.05) is 24.2 Å². The maximum atomic E-state index is 5.56. The van der Waals surface area contributed by atoms with Crippen molar-refractivity contribution in [2.45, 2.75) is 40.2 Å². The van der Waals surface area contributed by atoms with Crippen LogP contribution in [0.15, 0.2) is 5.38 Å². The van der Waals surface area contributed by atoms with Crippen molar-refractivity contribution in [3.8, 4) is 0 Å². The number of rotatable bonds is 8. The Bertz CT molecular complexity index is 312. The molecule has 4 heteroatoms. The third-order valence-electron chi connectivity index (χ3n) is 2.54. The molecule has 0 radical (unpaired) electrons. The van der Waals surface area contributed by atoms with Gasteiger partial charge in [0.2, 0.25) is 0 Å². The second kappa shape index (κ2) is 7.80. The van der Waals surface area contributed by atoms with Crippen molar-refractivity contribution in [1.29, 1.82) is 0 Å². The summed E-state index contributed by atoms with van der Waals surface area (Å²) in [7, 11) is 0. The second-order valence-corrected chi connectivity index (χ2v) is 5.69. The molecule has 98 valence electrons. The van der Waals surface area contributed by atoms with Crippen LogP contribution in [0.5, 0.6) is 0 Å². The summed E-state index contributed by atoms with van der Waals surface area (Å²) in [5.74, 6) is 0.722. The summed E-state index contributed by atoms with van der Waals surface area (Å²) in [4.78, 5) is 4.46. The van der Waals surface area contributed by atoms with E-state index >= 15 is 0 Å². The van der Waals surface area contributed by atoms with Gasteiger partial charge in [0.15, 0.2) is 0 Å². The van der Waals surface area contributed by atoms with Gasteiger partial charge in [-0.3, -0.25) is 0 Å². The largest absolute Gasteiger partial charge is 0.380 e. The lowest BCUT2D eigenvalue weighted by atomic mass is 10.1. The first-order chi connectivity index (χ1) is 8.09. The first-order valence-corrected chi connectivity index (χ1v) is 7.20. The Kier molecular flexibility index (Phi) is 6.70. The van der Waals surface area contributed by atoms with Gasteiger partial charge in [-0.2, -0.15) is 0 Å². The van der Waals surface area contributed by atoms with Gasteiger partial charge in [0.1, 0.15) is 5.01 Å². The zero-order valence-electron chi connectivity index (χ0n) is 11.3. The molecule has 3 nitrogen and oxygen atoms in total. The van der Waals surface area contributed by atoms with Gasteiger partial charge in [0.05, 0.1) is 12.6 Å². The first-order valence-electron chi connectivity index (χ1n) is 6.32. The summed E-state index contributed by atoms with van der Waals surface area (Å²) in [6, 6.07) is 0.322. The molecule has 1 aromatic rings. The van der Waals surface area contributed by atoms with E-state index in [1.807, 2.05) is 6.92 Å². The van der Waals surface area contributed by atoms with Crippen LogP contribution in [0.1, 0.15) is 43.9 Å². The molecule has 0 aliphatic heterocycles. The minimum absolute atomic E-state index is 0.322. The molecule has 1 rings (SSSR count). The Morgan fingerprint density at radius 1 is 1.35 bits per heavy atom. The molecule has 0 fully saturated rings. The van der Waals surface area contributed by atoms with Crippen LogP contribution >= 0.6 is 11.3 Å². The molecule has 1 heterocycles. The van der Waals surface area contributed by atoms with E-state index < -0.39 is 0 Å². The summed E-state index contributed by atoms with van der Waals surface area (Å²) >= 11 is 1.72. The lowest BCUT2D eigenvalue weighted by Crippen LogP contribution is -2.23. The summed E-state index contributed by atoms with van der Waals surface area (Å²) in [5.41, 5.74) is 1.10. The van der Waals surface area contributed by atoms with Gasteiger partial charge in [-0.1, -0.05) is 13.8 Å². The Morgan fingerprint density at radius 2 is 2.12 bits per heavy atom. The number of hydrogen-bond donors (Lipinski definition) is 1. The average Bonchev–Trinajstić information content (AvgIpc) is 2.69. The van der Waals surface area contributed by atoms with E-state index in [4.69, 9.17) is 4.74 Å². The molecule has 0 saturated carbocycles. The van der Waals surface area contributed by atoms with Crippen LogP contribution in [0.3, 0.4) is 0 Å². The minimum Gasteiger partial charge on any atom is -0.380 e. The lowest BCUT2D eigenvalue weighted by molar-refractivity contribution is 0.123. The highest BCUT2D eigenvalue weighted by Gasteiger charge is 2.07. The van der Waals surface area contributed by atoms with Crippen LogP contribution in [-0.2, 0) is 4.74 Å². The van der Waals surface area contributed by atoms with Crippen LogP contribution in [-0.4, -0.2) is 24.7 Å². The Hall–Kier alpha value is -0.450. The number of aromatic nitrogens is 1. The number of ether oxygens (including phenoxy) is 1. The quantitative estimate of drug-likeness (QED) is 0.725. The molecule has 0 aromatic carbocycles. The van der Waals surface area contributed by atoms with Crippen molar-refractivity contribution in [1.82, 2.24) is 10.3 Å². The molecule has 1 aromatic heterocycles. The van der Waals surface area contributed by atoms with Crippen LogP contribution in [0, 0.1) is 12.8 Å². The third kappa shape index (κ3) is 6.15. The molecule has 1 unspecified atom stereocenters. The number of thiazole rings is 1. The molecule has 0 spiro atoms. The maximum Gasteiger partial charge on any atom is 0.110 e. The number of nitrogens with one attached hydrogen (secondary N) is 1. The summed E-state index contributed by atoms with van der Waals surface area (Å²) in [6.45, 7) is 11.1. The van der Waals surface area contributed by atoms with Crippen LogP contribution in [0.2, 0.25) is 0 Å². The van der Waals surface area contributed by atoms with Gasteiger partial charge in [-0.25, -0.2) is 4.98 Å². The normalized spacial score (nSPS) is 13.2. The molecule has 0 saturated heterocycles. The van der Waals surface area contributed by atoms with Crippen LogP contribution in [0.4, 0.5) is 0 Å². The standard InChI is InChI=1S/C13H24N2OS/c1-10(2)5-7-16-8-6-14-12(4)13-15-11(3)9-17-13/h9-10,12,14H,5-8H2,1-4H3. The SMILES string of the molecule is Cc1csc(C(C)NCCOCCC(C)C)n1. The highest BCUT2D eigenvalue weighted by atomic mass is 32.1. The molecule has 0 bridgehead atoms. The fraction of sp³-hybridized carbons (Fsp3) is 0.769. The lowest BCUT2D eigenvalue weighted by Gasteiger charge is -2.11. The molecular formula is C13H24N2OS. The maximum absolute atomic E-state index is 5.56. The smallest absolute Gasteiger partial charge is 0.110 e. The topological polar surface area (TPSA) is 34.1 Å². The highest BCUT2D eigenvalue weighted by molar-refractivity contribution is 7.09. The Morgan fingerprint density at radius 3 is 2.71 bits per heavy atom. The van der Waals surface area contributed by atoms with Crippen molar-refractivity contribution in [3.05, 3.63) is 16.1 Å². The fourth-order valence-electron chi connectivity index (χ4n) is 1.43. The molecular weight excluding hydrogens is 232 g/mol. The van der Waals surface area contributed by atoms with Gasteiger partial charge in [-0.15, -0.1) is 11.3 Å². The fourth-order valence-corrected chi connectivity index (χ4v) is 2.26. The molecule has 0 amide bonds. The van der Waals surface area contributed by atoms with Crippen molar-refractivity contribution in [2.75, 3.05) is 19.8 Å². The van der Waals surface area contributed by atoms with Gasteiger partial charge in [0.25, 0.3) is 0 Å². The van der Waals surface area contributed by atoms with E-state index in [0.717, 1.165) is 42.8 Å². The Balaban J connectivity index is 2.06. The van der Waals surface area contributed by atoms with Crippen LogP contribution in [0.25, 0.3) is 0 Å². The summed E-state index contributed by atoms with van der Waals surface area (Å²) in [5, 5.41) is 6.67. The van der Waals surface area contributed by atoms with Gasteiger partial charge < -0.3 is 10.1 Å². The van der Waals surface area contributed by atoms with Crippen molar-refractivity contribution in [3.63, 3.8) is 0 Å². The molecule has 1 N–H and O–H groups in total.